The van der Waals surface area contributed by atoms with E-state index in [1.165, 1.54) is 18.2 Å². The first-order valence-corrected chi connectivity index (χ1v) is 7.58. The van der Waals surface area contributed by atoms with E-state index in [4.69, 9.17) is 9.47 Å². The molecule has 24 heavy (non-hydrogen) atoms. The minimum atomic E-state index is -0.716. The van der Waals surface area contributed by atoms with E-state index in [-0.39, 0.29) is 29.8 Å². The van der Waals surface area contributed by atoms with Crippen molar-refractivity contribution in [1.29, 1.82) is 0 Å². The number of ether oxygens (including phenoxy) is 2. The molecule has 4 atom stereocenters. The molecule has 0 unspecified atom stereocenters. The number of amides is 1. The molecule has 3 heterocycles. The molecule has 2 aromatic rings. The number of hydrogen-bond acceptors (Lipinski definition) is 5. The molecule has 7 nitrogen and oxygen atoms in total. The summed E-state index contributed by atoms with van der Waals surface area (Å²) in [5, 5.41) is 12.6. The lowest BCUT2D eigenvalue weighted by molar-refractivity contribution is 0.0178. The molecule has 2 aliphatic heterocycles. The number of aromatic amines is 1. The number of aliphatic hydroxyl groups excluding tert-OH is 1. The van der Waals surface area contributed by atoms with Gasteiger partial charge in [-0.25, -0.2) is 4.39 Å². The molecule has 0 saturated carbocycles. The SMILES string of the molecule is O=C(N[C@H]1CO[C@H]2[C@@H]1OC[C@@H]2O)c1cc(=O)c2cccc(F)c2[nH]1. The molecule has 0 bridgehead atoms. The van der Waals surface area contributed by atoms with E-state index in [9.17, 15) is 19.1 Å². The average Bonchev–Trinajstić information content (AvgIpc) is 3.12. The normalized spacial score (nSPS) is 28.9. The molecule has 3 N–H and O–H groups in total. The van der Waals surface area contributed by atoms with Gasteiger partial charge in [0.15, 0.2) is 5.43 Å². The number of halogens is 1. The summed E-state index contributed by atoms with van der Waals surface area (Å²) in [6.45, 7) is 0.351. The summed E-state index contributed by atoms with van der Waals surface area (Å²) in [5.74, 6) is -1.16. The Kier molecular flexibility index (Phi) is 3.60. The molecule has 0 radical (unpaired) electrons. The van der Waals surface area contributed by atoms with Gasteiger partial charge < -0.3 is 24.9 Å². The Morgan fingerprint density at radius 1 is 1.29 bits per heavy atom. The van der Waals surface area contributed by atoms with Gasteiger partial charge in [0.1, 0.15) is 29.8 Å². The van der Waals surface area contributed by atoms with Gasteiger partial charge in [0.25, 0.3) is 5.91 Å². The summed E-state index contributed by atoms with van der Waals surface area (Å²) in [6, 6.07) is 4.82. The Morgan fingerprint density at radius 2 is 2.08 bits per heavy atom. The second kappa shape index (κ2) is 5.66. The van der Waals surface area contributed by atoms with Crippen molar-refractivity contribution in [1.82, 2.24) is 10.3 Å². The maximum Gasteiger partial charge on any atom is 0.268 e. The third-order valence-electron chi connectivity index (χ3n) is 4.40. The minimum Gasteiger partial charge on any atom is -0.388 e. The fourth-order valence-corrected chi connectivity index (χ4v) is 3.21. The van der Waals surface area contributed by atoms with Gasteiger partial charge in [-0.1, -0.05) is 6.07 Å². The lowest BCUT2D eigenvalue weighted by Crippen LogP contribution is -2.44. The zero-order chi connectivity index (χ0) is 16.8. The van der Waals surface area contributed by atoms with Gasteiger partial charge in [0.2, 0.25) is 0 Å². The summed E-state index contributed by atoms with van der Waals surface area (Å²) in [7, 11) is 0. The fourth-order valence-electron chi connectivity index (χ4n) is 3.21. The smallest absolute Gasteiger partial charge is 0.268 e. The van der Waals surface area contributed by atoms with Crippen LogP contribution in [0.15, 0.2) is 29.1 Å². The van der Waals surface area contributed by atoms with Crippen molar-refractivity contribution in [3.8, 4) is 0 Å². The van der Waals surface area contributed by atoms with Gasteiger partial charge in [-0.05, 0) is 12.1 Å². The van der Waals surface area contributed by atoms with Crippen LogP contribution in [0.5, 0.6) is 0 Å². The van der Waals surface area contributed by atoms with Crippen LogP contribution >= 0.6 is 0 Å². The van der Waals surface area contributed by atoms with Crippen LogP contribution in [-0.4, -0.2) is 53.6 Å². The van der Waals surface area contributed by atoms with Crippen molar-refractivity contribution in [3.05, 3.63) is 46.0 Å². The number of rotatable bonds is 2. The number of carbonyl (C=O) groups is 1. The predicted octanol–water partition coefficient (Wildman–Crippen LogP) is -0.0759. The van der Waals surface area contributed by atoms with Gasteiger partial charge >= 0.3 is 0 Å². The first kappa shape index (κ1) is 15.3. The largest absolute Gasteiger partial charge is 0.388 e. The second-order valence-electron chi connectivity index (χ2n) is 5.95. The van der Waals surface area contributed by atoms with Crippen LogP contribution in [0.25, 0.3) is 10.9 Å². The number of hydrogen-bond donors (Lipinski definition) is 3. The van der Waals surface area contributed by atoms with Crippen LogP contribution in [0.2, 0.25) is 0 Å². The van der Waals surface area contributed by atoms with Crippen LogP contribution in [0.1, 0.15) is 10.5 Å². The summed E-state index contributed by atoms with van der Waals surface area (Å²) in [4.78, 5) is 27.1. The zero-order valence-corrected chi connectivity index (χ0v) is 12.5. The maximum absolute atomic E-state index is 13.9. The average molecular weight is 334 g/mol. The lowest BCUT2D eigenvalue weighted by Gasteiger charge is -2.17. The summed E-state index contributed by atoms with van der Waals surface area (Å²) < 4.78 is 24.7. The third-order valence-corrected chi connectivity index (χ3v) is 4.40. The molecule has 0 aliphatic carbocycles. The molecule has 1 aromatic carbocycles. The topological polar surface area (TPSA) is 101 Å². The van der Waals surface area contributed by atoms with Crippen LogP contribution in [0.4, 0.5) is 4.39 Å². The Hall–Kier alpha value is -2.29. The van der Waals surface area contributed by atoms with Crippen molar-refractivity contribution in [2.24, 2.45) is 0 Å². The molecule has 0 spiro atoms. The van der Waals surface area contributed by atoms with Crippen LogP contribution < -0.4 is 10.7 Å². The summed E-state index contributed by atoms with van der Waals surface area (Å²) in [6.07, 6.45) is -1.62. The van der Waals surface area contributed by atoms with E-state index in [2.05, 4.69) is 10.3 Å². The third kappa shape index (κ3) is 2.39. The molecular formula is C16H15FN2O5. The van der Waals surface area contributed by atoms with Gasteiger partial charge in [-0.15, -0.1) is 0 Å². The van der Waals surface area contributed by atoms with E-state index in [1.807, 2.05) is 0 Å². The Morgan fingerprint density at radius 3 is 2.92 bits per heavy atom. The Labute approximate surface area is 135 Å². The zero-order valence-electron chi connectivity index (χ0n) is 12.5. The van der Waals surface area contributed by atoms with E-state index < -0.39 is 41.5 Å². The number of para-hydroxylation sites is 1. The Bertz CT molecular complexity index is 867. The first-order chi connectivity index (χ1) is 11.5. The number of benzene rings is 1. The molecule has 2 fully saturated rings. The molecule has 1 aromatic heterocycles. The fraction of sp³-hybridized carbons (Fsp3) is 0.375. The highest BCUT2D eigenvalue weighted by atomic mass is 19.1. The van der Waals surface area contributed by atoms with Crippen molar-refractivity contribution in [2.75, 3.05) is 13.2 Å². The number of H-pyrrole nitrogens is 1. The molecular weight excluding hydrogens is 319 g/mol. The number of carbonyl (C=O) groups excluding carboxylic acids is 1. The number of nitrogens with one attached hydrogen (secondary N) is 2. The first-order valence-electron chi connectivity index (χ1n) is 7.58. The standard InChI is InChI=1S/C16H15FN2O5/c17-8-3-1-2-7-11(20)4-9(18-13(7)8)16(22)19-10-5-23-15-12(21)6-24-14(10)15/h1-4,10,12,14-15,21H,5-6H2,(H,18,20)(H,19,22)/t10-,12-,14+,15+/m0/s1. The Balaban J connectivity index is 1.60. The lowest BCUT2D eigenvalue weighted by atomic mass is 10.1. The molecule has 4 rings (SSSR count). The number of fused-ring (bicyclic) bond motifs is 2. The van der Waals surface area contributed by atoms with Gasteiger partial charge in [-0.2, -0.15) is 0 Å². The van der Waals surface area contributed by atoms with Crippen LogP contribution in [0.3, 0.4) is 0 Å². The summed E-state index contributed by atoms with van der Waals surface area (Å²) in [5.41, 5.74) is -0.496. The molecule has 2 saturated heterocycles. The number of aromatic nitrogens is 1. The van der Waals surface area contributed by atoms with E-state index >= 15 is 0 Å². The predicted molar refractivity (Wildman–Crippen MR) is 81.3 cm³/mol. The van der Waals surface area contributed by atoms with E-state index in [1.54, 1.807) is 0 Å². The maximum atomic E-state index is 13.9. The highest BCUT2D eigenvalue weighted by Gasteiger charge is 2.47. The molecule has 8 heteroatoms. The van der Waals surface area contributed by atoms with Crippen molar-refractivity contribution < 1.29 is 23.8 Å². The molecule has 2 aliphatic rings. The number of pyridine rings is 1. The van der Waals surface area contributed by atoms with E-state index in [0.29, 0.717) is 0 Å². The molecule has 126 valence electrons. The highest BCUT2D eigenvalue weighted by Crippen LogP contribution is 2.27. The quantitative estimate of drug-likeness (QED) is 0.713. The monoisotopic (exact) mass is 334 g/mol. The minimum absolute atomic E-state index is 0.0109. The van der Waals surface area contributed by atoms with Gasteiger partial charge in [-0.3, -0.25) is 9.59 Å². The van der Waals surface area contributed by atoms with Crippen LogP contribution in [0, 0.1) is 5.82 Å². The van der Waals surface area contributed by atoms with Crippen molar-refractivity contribution in [2.45, 2.75) is 24.4 Å². The van der Waals surface area contributed by atoms with E-state index in [0.717, 1.165) is 6.07 Å². The van der Waals surface area contributed by atoms with Crippen molar-refractivity contribution in [3.63, 3.8) is 0 Å². The summed E-state index contributed by atoms with van der Waals surface area (Å²) >= 11 is 0. The molecule has 1 amide bonds. The van der Waals surface area contributed by atoms with Crippen LogP contribution in [-0.2, 0) is 9.47 Å². The van der Waals surface area contributed by atoms with Gasteiger partial charge in [0.05, 0.1) is 24.8 Å². The van der Waals surface area contributed by atoms with Gasteiger partial charge in [0, 0.05) is 11.5 Å². The second-order valence-corrected chi connectivity index (χ2v) is 5.95. The number of aliphatic hydroxyl groups is 1. The van der Waals surface area contributed by atoms with Crippen molar-refractivity contribution >= 4 is 16.8 Å². The highest BCUT2D eigenvalue weighted by molar-refractivity contribution is 5.95.